The molecule has 2 aromatic carbocycles. The van der Waals surface area contributed by atoms with Crippen LogP contribution in [0.15, 0.2) is 42.5 Å². The molecule has 0 spiro atoms. The van der Waals surface area contributed by atoms with Gasteiger partial charge in [-0.3, -0.25) is 19.5 Å². The highest BCUT2D eigenvalue weighted by molar-refractivity contribution is 6.03. The van der Waals surface area contributed by atoms with Gasteiger partial charge in [0.25, 0.3) is 0 Å². The molecule has 0 bridgehead atoms. The predicted molar refractivity (Wildman–Crippen MR) is 96.6 cm³/mol. The molecule has 6 heteroatoms. The van der Waals surface area contributed by atoms with Gasteiger partial charge < -0.3 is 5.32 Å². The van der Waals surface area contributed by atoms with Crippen LogP contribution in [0, 0.1) is 13.8 Å². The average Bonchev–Trinajstić information content (AvgIpc) is 3.02. The van der Waals surface area contributed by atoms with Gasteiger partial charge in [-0.2, -0.15) is 0 Å². The number of carbonyl (C=O) groups excluding carboxylic acids is 2. The predicted octanol–water partition coefficient (Wildman–Crippen LogP) is 3.18. The van der Waals surface area contributed by atoms with Gasteiger partial charge in [-0.05, 0) is 49.2 Å². The average molecular weight is 334 g/mol. The van der Waals surface area contributed by atoms with Crippen LogP contribution in [0.5, 0.6) is 0 Å². The molecule has 1 aliphatic heterocycles. The fraction of sp³-hybridized carbons (Fsp3) is 0.211. The topological polar surface area (TPSA) is 76.0 Å². The summed E-state index contributed by atoms with van der Waals surface area (Å²) in [6.45, 7) is 3.97. The van der Waals surface area contributed by atoms with Gasteiger partial charge in [-0.15, -0.1) is 0 Å². The molecule has 1 atom stereocenters. The molecular formula is C19H18N4O2. The molecule has 4 rings (SSSR count). The second-order valence-corrected chi connectivity index (χ2v) is 6.43. The van der Waals surface area contributed by atoms with Crippen LogP contribution >= 0.6 is 0 Å². The van der Waals surface area contributed by atoms with Crippen molar-refractivity contribution in [1.29, 1.82) is 0 Å². The molecule has 3 aromatic rings. The lowest BCUT2D eigenvalue weighted by molar-refractivity contribution is -0.123. The van der Waals surface area contributed by atoms with Gasteiger partial charge in [-0.1, -0.05) is 18.2 Å². The summed E-state index contributed by atoms with van der Waals surface area (Å²) < 4.78 is 1.80. The van der Waals surface area contributed by atoms with Gasteiger partial charge in [0.2, 0.25) is 17.8 Å². The maximum Gasteiger partial charge on any atom is 0.250 e. The lowest BCUT2D eigenvalue weighted by Crippen LogP contribution is -2.23. The van der Waals surface area contributed by atoms with Crippen molar-refractivity contribution in [2.24, 2.45) is 0 Å². The Bertz CT molecular complexity index is 986. The molecule has 0 saturated carbocycles. The van der Waals surface area contributed by atoms with E-state index in [1.165, 1.54) is 0 Å². The number of imidazole rings is 1. The highest BCUT2D eigenvalue weighted by atomic mass is 16.2. The number of carbonyl (C=O) groups is 2. The summed E-state index contributed by atoms with van der Waals surface area (Å²) in [5.41, 5.74) is 4.56. The summed E-state index contributed by atoms with van der Waals surface area (Å²) in [5, 5.41) is 5.65. The number of fused-ring (bicyclic) bond motifs is 3. The van der Waals surface area contributed by atoms with Crippen molar-refractivity contribution in [3.63, 3.8) is 0 Å². The summed E-state index contributed by atoms with van der Waals surface area (Å²) >= 11 is 0. The van der Waals surface area contributed by atoms with E-state index >= 15 is 0 Å². The number of hydrogen-bond donors (Lipinski definition) is 2. The number of amides is 2. The highest BCUT2D eigenvalue weighted by Gasteiger charge is 2.34. The molecule has 0 aliphatic carbocycles. The zero-order valence-corrected chi connectivity index (χ0v) is 14.0. The van der Waals surface area contributed by atoms with Crippen LogP contribution in [-0.4, -0.2) is 21.4 Å². The molecule has 0 fully saturated rings. The quantitative estimate of drug-likeness (QED) is 0.772. The van der Waals surface area contributed by atoms with E-state index in [0.29, 0.717) is 5.95 Å². The van der Waals surface area contributed by atoms with E-state index in [1.54, 1.807) is 4.57 Å². The molecule has 0 saturated heterocycles. The third kappa shape index (κ3) is 2.76. The Kier molecular flexibility index (Phi) is 3.53. The minimum absolute atomic E-state index is 0.0617. The third-order valence-corrected chi connectivity index (χ3v) is 4.33. The Morgan fingerprint density at radius 2 is 1.92 bits per heavy atom. The SMILES string of the molecule is Cc1cc(C)cc(NC(=O)CC2C(=O)Nc3nc4ccccc4n32)c1. The van der Waals surface area contributed by atoms with Crippen molar-refractivity contribution in [1.82, 2.24) is 9.55 Å². The van der Waals surface area contributed by atoms with E-state index in [2.05, 4.69) is 15.6 Å². The molecule has 1 unspecified atom stereocenters. The summed E-state index contributed by atoms with van der Waals surface area (Å²) in [5.74, 6) is 0.0926. The standard InChI is InChI=1S/C19H18N4O2/c1-11-7-12(2)9-13(8-11)20-17(24)10-16-18(25)22-19-21-14-5-3-4-6-15(14)23(16)19/h3-9,16H,10H2,1-2H3,(H,20,24)(H,21,22,25). The van der Waals surface area contributed by atoms with Gasteiger partial charge in [0.15, 0.2) is 0 Å². The number of rotatable bonds is 3. The van der Waals surface area contributed by atoms with E-state index in [1.807, 2.05) is 56.3 Å². The second-order valence-electron chi connectivity index (χ2n) is 6.43. The molecule has 0 radical (unpaired) electrons. The molecular weight excluding hydrogens is 316 g/mol. The first-order chi connectivity index (χ1) is 12.0. The number of para-hydroxylation sites is 2. The van der Waals surface area contributed by atoms with Crippen LogP contribution in [0.3, 0.4) is 0 Å². The van der Waals surface area contributed by atoms with Crippen LogP contribution in [0.25, 0.3) is 11.0 Å². The third-order valence-electron chi connectivity index (χ3n) is 4.33. The van der Waals surface area contributed by atoms with E-state index < -0.39 is 6.04 Å². The number of nitrogens with one attached hydrogen (secondary N) is 2. The maximum absolute atomic E-state index is 12.5. The first-order valence-corrected chi connectivity index (χ1v) is 8.17. The van der Waals surface area contributed by atoms with Crippen LogP contribution in [0.1, 0.15) is 23.6 Å². The largest absolute Gasteiger partial charge is 0.326 e. The smallest absolute Gasteiger partial charge is 0.250 e. The molecule has 1 aromatic heterocycles. The normalized spacial score (nSPS) is 15.9. The second kappa shape index (κ2) is 5.73. The van der Waals surface area contributed by atoms with Crippen molar-refractivity contribution in [2.45, 2.75) is 26.3 Å². The van der Waals surface area contributed by atoms with E-state index in [4.69, 9.17) is 0 Å². The Labute approximate surface area is 144 Å². The number of aryl methyl sites for hydroxylation is 2. The summed E-state index contributed by atoms with van der Waals surface area (Å²) in [6, 6.07) is 12.9. The molecule has 2 amide bonds. The van der Waals surface area contributed by atoms with Crippen molar-refractivity contribution in [2.75, 3.05) is 10.6 Å². The molecule has 6 nitrogen and oxygen atoms in total. The van der Waals surface area contributed by atoms with Gasteiger partial charge in [0.1, 0.15) is 6.04 Å². The van der Waals surface area contributed by atoms with Crippen LogP contribution < -0.4 is 10.6 Å². The minimum Gasteiger partial charge on any atom is -0.326 e. The zero-order chi connectivity index (χ0) is 17.6. The number of benzene rings is 2. The number of aromatic nitrogens is 2. The number of anilines is 2. The Morgan fingerprint density at radius 1 is 1.20 bits per heavy atom. The fourth-order valence-electron chi connectivity index (χ4n) is 3.38. The highest BCUT2D eigenvalue weighted by Crippen LogP contribution is 2.32. The van der Waals surface area contributed by atoms with Crippen LogP contribution in [-0.2, 0) is 9.59 Å². The summed E-state index contributed by atoms with van der Waals surface area (Å²) in [4.78, 5) is 29.2. The van der Waals surface area contributed by atoms with Crippen molar-refractivity contribution < 1.29 is 9.59 Å². The Balaban J connectivity index is 1.59. The first kappa shape index (κ1) is 15.4. The monoisotopic (exact) mass is 334 g/mol. The van der Waals surface area contributed by atoms with Crippen molar-refractivity contribution in [3.05, 3.63) is 53.6 Å². The maximum atomic E-state index is 12.5. The van der Waals surface area contributed by atoms with Gasteiger partial charge >= 0.3 is 0 Å². The Hall–Kier alpha value is -3.15. The van der Waals surface area contributed by atoms with E-state index in [9.17, 15) is 9.59 Å². The van der Waals surface area contributed by atoms with Crippen molar-refractivity contribution >= 4 is 34.5 Å². The lowest BCUT2D eigenvalue weighted by atomic mass is 10.1. The molecule has 25 heavy (non-hydrogen) atoms. The number of hydrogen-bond acceptors (Lipinski definition) is 3. The van der Waals surface area contributed by atoms with Crippen LogP contribution in [0.4, 0.5) is 11.6 Å². The van der Waals surface area contributed by atoms with Crippen LogP contribution in [0.2, 0.25) is 0 Å². The Morgan fingerprint density at radius 3 is 2.68 bits per heavy atom. The van der Waals surface area contributed by atoms with Gasteiger partial charge in [0.05, 0.1) is 17.5 Å². The molecule has 126 valence electrons. The zero-order valence-electron chi connectivity index (χ0n) is 14.0. The fourth-order valence-corrected chi connectivity index (χ4v) is 3.38. The molecule has 1 aliphatic rings. The van der Waals surface area contributed by atoms with Gasteiger partial charge in [0, 0.05) is 5.69 Å². The summed E-state index contributed by atoms with van der Waals surface area (Å²) in [7, 11) is 0. The number of nitrogens with zero attached hydrogens (tertiary/aromatic N) is 2. The van der Waals surface area contributed by atoms with E-state index in [-0.39, 0.29) is 18.2 Å². The van der Waals surface area contributed by atoms with Crippen molar-refractivity contribution in [3.8, 4) is 0 Å². The lowest BCUT2D eigenvalue weighted by Gasteiger charge is -2.12. The minimum atomic E-state index is -0.590. The molecule has 2 heterocycles. The van der Waals surface area contributed by atoms with Gasteiger partial charge in [-0.25, -0.2) is 4.98 Å². The van der Waals surface area contributed by atoms with E-state index in [0.717, 1.165) is 27.8 Å². The summed E-state index contributed by atoms with van der Waals surface area (Å²) in [6.07, 6.45) is 0.0617. The first-order valence-electron chi connectivity index (χ1n) is 8.17. The molecule has 2 N–H and O–H groups in total.